The minimum Gasteiger partial charge on any atom is -0.547 e. The van der Waals surface area contributed by atoms with Gasteiger partial charge in [-0.05, 0) is 29.7 Å². The second-order valence-corrected chi connectivity index (χ2v) is 5.95. The van der Waals surface area contributed by atoms with Crippen molar-refractivity contribution in [2.75, 3.05) is 0 Å². The summed E-state index contributed by atoms with van der Waals surface area (Å²) in [5.41, 5.74) is -0.845. The van der Waals surface area contributed by atoms with Gasteiger partial charge in [0.25, 0.3) is 0 Å². The average molecular weight is 420 g/mol. The summed E-state index contributed by atoms with van der Waals surface area (Å²) in [6.45, 7) is 1.07. The van der Waals surface area contributed by atoms with E-state index in [0.717, 1.165) is 0 Å². The summed E-state index contributed by atoms with van der Waals surface area (Å²) < 4.78 is 49.7. The van der Waals surface area contributed by atoms with Crippen molar-refractivity contribution in [3.63, 3.8) is 0 Å². The number of carboxylic acid groups (broad SMARTS) is 1. The summed E-state index contributed by atoms with van der Waals surface area (Å²) in [7, 11) is 0. The van der Waals surface area contributed by atoms with E-state index in [2.05, 4.69) is 0 Å². The van der Waals surface area contributed by atoms with E-state index in [0.29, 0.717) is 11.6 Å². The molecule has 150 valence electrons. The summed E-state index contributed by atoms with van der Waals surface area (Å²) in [4.78, 5) is 22.4. The molecular weight excluding hydrogens is 404 g/mol. The van der Waals surface area contributed by atoms with Crippen molar-refractivity contribution < 1.29 is 72.0 Å². The van der Waals surface area contributed by atoms with Gasteiger partial charge >= 0.3 is 41.9 Å². The Morgan fingerprint density at radius 1 is 1.14 bits per heavy atom. The molecule has 6 nitrogen and oxygen atoms in total. The number of aliphatic hydroxyl groups is 1. The van der Waals surface area contributed by atoms with Crippen molar-refractivity contribution in [3.8, 4) is 5.75 Å². The molecule has 1 atom stereocenters. The predicted octanol–water partition coefficient (Wildman–Crippen LogP) is -0.613. The van der Waals surface area contributed by atoms with Crippen molar-refractivity contribution in [2.45, 2.75) is 32.2 Å². The Morgan fingerprint density at radius 3 is 2.31 bits per heavy atom. The first-order valence-electron chi connectivity index (χ1n) is 8.06. The zero-order valence-electron chi connectivity index (χ0n) is 15.7. The van der Waals surface area contributed by atoms with Gasteiger partial charge in [-0.1, -0.05) is 36.4 Å². The smallest absolute Gasteiger partial charge is 0.547 e. The van der Waals surface area contributed by atoms with E-state index in [9.17, 15) is 33.0 Å². The molecule has 0 saturated carbocycles. The number of aliphatic carboxylic acids is 1. The van der Waals surface area contributed by atoms with Gasteiger partial charge in [-0.3, -0.25) is 0 Å². The Balaban J connectivity index is 0.00000420. The second kappa shape index (κ2) is 10.6. The molecule has 0 saturated heterocycles. The first-order chi connectivity index (χ1) is 13.1. The van der Waals surface area contributed by atoms with Gasteiger partial charge in [-0.25, -0.2) is 4.79 Å². The van der Waals surface area contributed by atoms with Crippen molar-refractivity contribution in [2.24, 2.45) is 0 Å². The summed E-state index contributed by atoms with van der Waals surface area (Å²) in [6.07, 6.45) is -8.77. The summed E-state index contributed by atoms with van der Waals surface area (Å²) in [5.74, 6) is -2.56. The Bertz CT molecular complexity index is 855. The fourth-order valence-corrected chi connectivity index (χ4v) is 2.45. The molecule has 2 rings (SSSR count). The predicted molar refractivity (Wildman–Crippen MR) is 88.2 cm³/mol. The van der Waals surface area contributed by atoms with E-state index in [1.165, 1.54) is 13.0 Å². The first-order valence-corrected chi connectivity index (χ1v) is 8.06. The van der Waals surface area contributed by atoms with E-state index in [-0.39, 0.29) is 47.3 Å². The number of halogens is 3. The zero-order chi connectivity index (χ0) is 20.9. The molecule has 0 aliphatic carbocycles. The minimum absolute atomic E-state index is 0. The van der Waals surface area contributed by atoms with Gasteiger partial charge in [0.15, 0.2) is 0 Å². The van der Waals surface area contributed by atoms with E-state index in [1.54, 1.807) is 30.3 Å². The van der Waals surface area contributed by atoms with Crippen LogP contribution < -0.4 is 39.4 Å². The molecule has 0 aromatic heterocycles. The van der Waals surface area contributed by atoms with Crippen LogP contribution in [0.15, 0.2) is 42.5 Å². The molecule has 0 aliphatic heterocycles. The molecule has 0 heterocycles. The zero-order valence-corrected chi connectivity index (χ0v) is 17.7. The molecule has 10 heteroatoms. The van der Waals surface area contributed by atoms with Gasteiger partial charge in [0.05, 0.1) is 17.6 Å². The summed E-state index contributed by atoms with van der Waals surface area (Å²) >= 11 is 0. The molecule has 0 fully saturated rings. The maximum atomic E-state index is 13.4. The van der Waals surface area contributed by atoms with Crippen LogP contribution in [0.3, 0.4) is 0 Å². The Labute approximate surface area is 186 Å². The van der Waals surface area contributed by atoms with Gasteiger partial charge in [-0.2, -0.15) is 13.2 Å². The van der Waals surface area contributed by atoms with Gasteiger partial charge in [0.2, 0.25) is 0 Å². The SMILES string of the molecule is Cc1cc(C[C@@H](O)C(=O)[O-])cc(C(F)(F)F)c1OC(=O)OCc1ccccc1.[Na+]. The van der Waals surface area contributed by atoms with Crippen LogP contribution in [0.1, 0.15) is 22.3 Å². The van der Waals surface area contributed by atoms with E-state index < -0.39 is 42.1 Å². The van der Waals surface area contributed by atoms with E-state index in [4.69, 9.17) is 9.47 Å². The molecule has 2 aromatic carbocycles. The third kappa shape index (κ3) is 7.36. The summed E-state index contributed by atoms with van der Waals surface area (Å²) in [6, 6.07) is 10.3. The van der Waals surface area contributed by atoms with Crippen molar-refractivity contribution >= 4 is 12.1 Å². The number of rotatable bonds is 6. The van der Waals surface area contributed by atoms with Crippen LogP contribution in [0.5, 0.6) is 5.75 Å². The van der Waals surface area contributed by atoms with Crippen LogP contribution in [0.2, 0.25) is 0 Å². The Kier molecular flexibility index (Phi) is 9.15. The number of hydrogen-bond acceptors (Lipinski definition) is 6. The van der Waals surface area contributed by atoms with Gasteiger partial charge < -0.3 is 24.5 Å². The average Bonchev–Trinajstić information content (AvgIpc) is 2.61. The number of alkyl halides is 3. The Hall–Kier alpha value is -2.07. The largest absolute Gasteiger partial charge is 1.00 e. The maximum Gasteiger partial charge on any atom is 1.00 e. The van der Waals surface area contributed by atoms with Crippen LogP contribution in [-0.4, -0.2) is 23.3 Å². The number of aryl methyl sites for hydroxylation is 1. The van der Waals surface area contributed by atoms with Gasteiger partial charge in [0.1, 0.15) is 12.4 Å². The molecule has 1 N–H and O–H groups in total. The molecule has 0 unspecified atom stereocenters. The van der Waals surface area contributed by atoms with Crippen molar-refractivity contribution in [1.82, 2.24) is 0 Å². The van der Waals surface area contributed by atoms with Crippen LogP contribution in [-0.2, 0) is 28.7 Å². The topological polar surface area (TPSA) is 95.9 Å². The molecule has 2 aromatic rings. The van der Waals surface area contributed by atoms with Crippen LogP contribution in [0.4, 0.5) is 18.0 Å². The van der Waals surface area contributed by atoms with Gasteiger partial charge in [-0.15, -0.1) is 0 Å². The number of aliphatic hydroxyl groups excluding tert-OH is 1. The molecule has 0 amide bonds. The Morgan fingerprint density at radius 2 is 1.76 bits per heavy atom. The fourth-order valence-electron chi connectivity index (χ4n) is 2.45. The van der Waals surface area contributed by atoms with Crippen LogP contribution >= 0.6 is 0 Å². The molecular formula is C19H16F3NaO6. The monoisotopic (exact) mass is 420 g/mol. The number of benzene rings is 2. The first kappa shape index (κ1) is 25.0. The van der Waals surface area contributed by atoms with Crippen molar-refractivity contribution in [3.05, 3.63) is 64.7 Å². The van der Waals surface area contributed by atoms with Crippen LogP contribution in [0, 0.1) is 6.92 Å². The molecule has 0 aliphatic rings. The number of carboxylic acids is 1. The number of carbonyl (C=O) groups excluding carboxylic acids is 2. The normalized spacial score (nSPS) is 11.9. The van der Waals surface area contributed by atoms with E-state index in [1.807, 2.05) is 0 Å². The fraction of sp³-hybridized carbons (Fsp3) is 0.263. The quantitative estimate of drug-likeness (QED) is 0.381. The molecule has 0 radical (unpaired) electrons. The second-order valence-electron chi connectivity index (χ2n) is 5.95. The number of ether oxygens (including phenoxy) is 2. The minimum atomic E-state index is -4.89. The third-order valence-corrected chi connectivity index (χ3v) is 3.73. The van der Waals surface area contributed by atoms with Gasteiger partial charge in [0, 0.05) is 6.42 Å². The van der Waals surface area contributed by atoms with Crippen molar-refractivity contribution in [1.29, 1.82) is 0 Å². The molecule has 29 heavy (non-hydrogen) atoms. The standard InChI is InChI=1S/C19H17F3O6.Na/c1-11-7-13(9-15(23)17(24)25)8-14(19(20,21)22)16(11)28-18(26)27-10-12-5-3-2-4-6-12;/h2-8,15,23H,9-10H2,1H3,(H,24,25);/q;+1/p-1/t15-;/m1./s1. The third-order valence-electron chi connectivity index (χ3n) is 3.73. The maximum absolute atomic E-state index is 13.4. The molecule has 0 bridgehead atoms. The van der Waals surface area contributed by atoms with E-state index >= 15 is 0 Å². The number of hydrogen-bond donors (Lipinski definition) is 1. The molecule has 0 spiro atoms. The van der Waals surface area contributed by atoms with Crippen LogP contribution in [0.25, 0.3) is 0 Å². The summed E-state index contributed by atoms with van der Waals surface area (Å²) in [5, 5.41) is 19.9. The number of carbonyl (C=O) groups is 2.